The maximum absolute atomic E-state index is 15.8. The number of aryl methyl sites for hydroxylation is 1. The van der Waals surface area contributed by atoms with Gasteiger partial charge >= 0.3 is 6.18 Å². The highest BCUT2D eigenvalue weighted by Crippen LogP contribution is 2.41. The molecule has 5 rings (SSSR count). The number of benzene rings is 2. The molecule has 1 aliphatic heterocycles. The van der Waals surface area contributed by atoms with Crippen LogP contribution in [-0.2, 0) is 32.0 Å². The van der Waals surface area contributed by atoms with E-state index in [4.69, 9.17) is 0 Å². The predicted molar refractivity (Wildman–Crippen MR) is 126 cm³/mol. The van der Waals surface area contributed by atoms with Gasteiger partial charge in [0.2, 0.25) is 5.67 Å². The number of alkyl halides is 5. The van der Waals surface area contributed by atoms with Crippen LogP contribution in [-0.4, -0.2) is 32.9 Å². The Balaban J connectivity index is 1.50. The summed E-state index contributed by atoms with van der Waals surface area (Å²) in [7, 11) is 1.47. The van der Waals surface area contributed by atoms with Gasteiger partial charge < -0.3 is 14.8 Å². The van der Waals surface area contributed by atoms with E-state index in [1.165, 1.54) is 48.3 Å². The monoisotopic (exact) mass is 519 g/mol. The van der Waals surface area contributed by atoms with E-state index in [0.717, 1.165) is 30.2 Å². The Morgan fingerprint density at radius 3 is 2.49 bits per heavy atom. The summed E-state index contributed by atoms with van der Waals surface area (Å²) in [5.74, 6) is -0.891. The van der Waals surface area contributed by atoms with Crippen molar-refractivity contribution in [2.24, 2.45) is 7.05 Å². The van der Waals surface area contributed by atoms with E-state index in [0.29, 0.717) is 5.56 Å². The van der Waals surface area contributed by atoms with Gasteiger partial charge in [-0.05, 0) is 61.6 Å². The molecule has 1 saturated carbocycles. The van der Waals surface area contributed by atoms with Crippen LogP contribution in [0.25, 0.3) is 0 Å². The molecule has 0 bridgehead atoms. The van der Waals surface area contributed by atoms with Gasteiger partial charge in [0, 0.05) is 35.9 Å². The van der Waals surface area contributed by atoms with Gasteiger partial charge in [-0.3, -0.25) is 4.79 Å². The van der Waals surface area contributed by atoms with Crippen molar-refractivity contribution < 1.29 is 26.7 Å². The second kappa shape index (κ2) is 8.90. The first-order valence-electron chi connectivity index (χ1n) is 11.9. The average Bonchev–Trinajstić information content (AvgIpc) is 3.43. The quantitative estimate of drug-likeness (QED) is 0.436. The molecular formula is C26H26F5N5O. The summed E-state index contributed by atoms with van der Waals surface area (Å²) >= 11 is 0. The molecule has 1 fully saturated rings. The number of anilines is 1. The van der Waals surface area contributed by atoms with E-state index in [1.807, 2.05) is 6.92 Å². The van der Waals surface area contributed by atoms with Gasteiger partial charge in [0.15, 0.2) is 5.82 Å². The molecule has 3 aromatic rings. The molecular weight excluding hydrogens is 493 g/mol. The number of rotatable bonds is 7. The summed E-state index contributed by atoms with van der Waals surface area (Å²) in [6, 6.07) is 8.11. The Bertz CT molecular complexity index is 1350. The summed E-state index contributed by atoms with van der Waals surface area (Å²) < 4.78 is 73.2. The van der Waals surface area contributed by atoms with Gasteiger partial charge in [0.05, 0.1) is 12.1 Å². The van der Waals surface area contributed by atoms with Crippen LogP contribution in [0.2, 0.25) is 0 Å². The van der Waals surface area contributed by atoms with Gasteiger partial charge in [-0.15, -0.1) is 10.2 Å². The number of amides is 1. The molecule has 0 radical (unpaired) electrons. The number of hydrogen-bond acceptors (Lipinski definition) is 4. The maximum Gasteiger partial charge on any atom is 0.416 e. The van der Waals surface area contributed by atoms with Crippen LogP contribution in [0.3, 0.4) is 0 Å². The van der Waals surface area contributed by atoms with E-state index in [9.17, 15) is 22.4 Å². The highest BCUT2D eigenvalue weighted by Gasteiger charge is 2.42. The molecule has 0 spiro atoms. The second-order valence-corrected chi connectivity index (χ2v) is 10.1. The van der Waals surface area contributed by atoms with Gasteiger partial charge in [-0.1, -0.05) is 12.1 Å². The van der Waals surface area contributed by atoms with Gasteiger partial charge in [-0.25, -0.2) is 8.78 Å². The minimum absolute atomic E-state index is 0.0407. The minimum Gasteiger partial charge on any atom is -0.318 e. The fourth-order valence-electron chi connectivity index (χ4n) is 5.06. The van der Waals surface area contributed by atoms with Crippen LogP contribution in [0.4, 0.5) is 27.6 Å². The molecule has 0 unspecified atom stereocenters. The number of nitrogens with one attached hydrogen (secondary N) is 1. The van der Waals surface area contributed by atoms with E-state index in [1.54, 1.807) is 0 Å². The smallest absolute Gasteiger partial charge is 0.318 e. The standard InChI is InChI=1S/C26H26F5N5O/c1-24(7-4-8-24)32-12-16-9-19-20(21(10-16)26(29,30)31)13-36(22(19)37)18-6-3-5-17(11-18)25(28,14-27)23-34-33-15-35(23)2/h3,5-6,9-11,15,32H,4,7-8,12-14H2,1-2H3/t25-/m0/s1. The Labute approximate surface area is 210 Å². The molecule has 2 heterocycles. The molecule has 0 saturated heterocycles. The molecule has 1 amide bonds. The number of hydrogen-bond donors (Lipinski definition) is 1. The highest BCUT2D eigenvalue weighted by molar-refractivity contribution is 6.10. The fraction of sp³-hybridized carbons (Fsp3) is 0.423. The summed E-state index contributed by atoms with van der Waals surface area (Å²) in [6.07, 6.45) is -0.480. The summed E-state index contributed by atoms with van der Waals surface area (Å²) in [4.78, 5) is 14.5. The molecule has 1 atom stereocenters. The van der Waals surface area contributed by atoms with Crippen LogP contribution >= 0.6 is 0 Å². The zero-order valence-corrected chi connectivity index (χ0v) is 20.4. The SMILES string of the molecule is Cn1cnnc1[C@](F)(CF)c1cccc(N2Cc3c(cc(CNC4(C)CCC4)cc3C(F)(F)F)C2=O)c1. The number of carbonyl (C=O) groups is 1. The molecule has 37 heavy (non-hydrogen) atoms. The van der Waals surface area contributed by atoms with Gasteiger partial charge in [0.1, 0.15) is 13.0 Å². The first-order chi connectivity index (χ1) is 17.4. The van der Waals surface area contributed by atoms with Crippen LogP contribution in [0, 0.1) is 0 Å². The van der Waals surface area contributed by atoms with Crippen molar-refractivity contribution in [1.82, 2.24) is 20.1 Å². The lowest BCUT2D eigenvalue weighted by molar-refractivity contribution is -0.138. The third-order valence-electron chi connectivity index (χ3n) is 7.45. The lowest BCUT2D eigenvalue weighted by Gasteiger charge is -2.39. The van der Waals surface area contributed by atoms with E-state index >= 15 is 4.39 Å². The maximum atomic E-state index is 15.8. The molecule has 196 valence electrons. The molecule has 2 aromatic carbocycles. The zero-order valence-electron chi connectivity index (χ0n) is 20.4. The Hall–Kier alpha value is -3.34. The summed E-state index contributed by atoms with van der Waals surface area (Å²) in [5, 5.41) is 10.6. The van der Waals surface area contributed by atoms with E-state index in [-0.39, 0.29) is 46.8 Å². The third kappa shape index (κ3) is 4.39. The van der Waals surface area contributed by atoms with Crippen molar-refractivity contribution in [3.63, 3.8) is 0 Å². The minimum atomic E-state index is -4.66. The van der Waals surface area contributed by atoms with Crippen molar-refractivity contribution in [1.29, 1.82) is 0 Å². The van der Waals surface area contributed by atoms with Gasteiger partial charge in [-0.2, -0.15) is 13.2 Å². The largest absolute Gasteiger partial charge is 0.416 e. The van der Waals surface area contributed by atoms with Crippen molar-refractivity contribution >= 4 is 11.6 Å². The second-order valence-electron chi connectivity index (χ2n) is 10.1. The first kappa shape index (κ1) is 25.3. The van der Waals surface area contributed by atoms with E-state index in [2.05, 4.69) is 15.5 Å². The molecule has 2 aliphatic rings. The fourth-order valence-corrected chi connectivity index (χ4v) is 5.06. The van der Waals surface area contributed by atoms with Crippen molar-refractivity contribution in [2.45, 2.75) is 56.7 Å². The van der Waals surface area contributed by atoms with Crippen molar-refractivity contribution in [3.8, 4) is 0 Å². The van der Waals surface area contributed by atoms with Crippen LogP contribution in [0.5, 0.6) is 0 Å². The number of halogens is 5. The normalized spacial score (nSPS) is 18.5. The third-order valence-corrected chi connectivity index (χ3v) is 7.45. The first-order valence-corrected chi connectivity index (χ1v) is 11.9. The Morgan fingerprint density at radius 1 is 1.14 bits per heavy atom. The topological polar surface area (TPSA) is 63.1 Å². The summed E-state index contributed by atoms with van der Waals surface area (Å²) in [6.45, 7) is 0.452. The highest BCUT2D eigenvalue weighted by atomic mass is 19.4. The average molecular weight is 520 g/mol. The molecule has 11 heteroatoms. The molecule has 6 nitrogen and oxygen atoms in total. The number of nitrogens with zero attached hydrogens (tertiary/aromatic N) is 4. The molecule has 1 N–H and O–H groups in total. The van der Waals surface area contributed by atoms with E-state index < -0.39 is 30.0 Å². The van der Waals surface area contributed by atoms with Crippen LogP contribution < -0.4 is 10.2 Å². The Kier molecular flexibility index (Phi) is 6.09. The Morgan fingerprint density at radius 2 is 1.89 bits per heavy atom. The number of carbonyl (C=O) groups excluding carboxylic acids is 1. The summed E-state index contributed by atoms with van der Waals surface area (Å²) in [5.41, 5.74) is -3.40. The molecule has 1 aliphatic carbocycles. The molecule has 1 aromatic heterocycles. The lowest BCUT2D eigenvalue weighted by Crippen LogP contribution is -2.47. The predicted octanol–water partition coefficient (Wildman–Crippen LogP) is 5.21. The van der Waals surface area contributed by atoms with Crippen molar-refractivity contribution in [2.75, 3.05) is 11.6 Å². The van der Waals surface area contributed by atoms with Crippen molar-refractivity contribution in [3.05, 3.63) is 76.4 Å². The zero-order chi connectivity index (χ0) is 26.6. The van der Waals surface area contributed by atoms with Crippen LogP contribution in [0.1, 0.15) is 64.6 Å². The number of fused-ring (bicyclic) bond motifs is 1. The van der Waals surface area contributed by atoms with Crippen LogP contribution in [0.15, 0.2) is 42.7 Å². The van der Waals surface area contributed by atoms with Gasteiger partial charge in [0.25, 0.3) is 5.91 Å². The lowest BCUT2D eigenvalue weighted by atomic mass is 9.78. The number of aromatic nitrogens is 3.